The van der Waals surface area contributed by atoms with Crippen molar-refractivity contribution in [3.05, 3.63) is 0 Å². The highest BCUT2D eigenvalue weighted by atomic mass is 16.6. The molecule has 1 N–H and O–H groups in total. The van der Waals surface area contributed by atoms with Crippen LogP contribution in [0.1, 0.15) is 40.5 Å². The number of cyclic esters (lactones) is 1. The Morgan fingerprint density at radius 2 is 2.13 bits per heavy atom. The molecule has 0 aromatic rings. The molecule has 86 valence electrons. The lowest BCUT2D eigenvalue weighted by Gasteiger charge is -2.22. The van der Waals surface area contributed by atoms with E-state index in [9.17, 15) is 9.59 Å². The van der Waals surface area contributed by atoms with E-state index in [0.29, 0.717) is 12.8 Å². The van der Waals surface area contributed by atoms with Crippen LogP contribution in [0.2, 0.25) is 0 Å². The molecular weight excluding hydrogens is 196 g/mol. The number of esters is 1. The van der Waals surface area contributed by atoms with E-state index >= 15 is 0 Å². The molecule has 1 heterocycles. The SMILES string of the molecule is CC(C)(CC1CC(C)(C)C(=O)O1)C(=O)O. The van der Waals surface area contributed by atoms with Crippen LogP contribution >= 0.6 is 0 Å². The van der Waals surface area contributed by atoms with Gasteiger partial charge in [0.15, 0.2) is 0 Å². The highest BCUT2D eigenvalue weighted by Gasteiger charge is 2.44. The van der Waals surface area contributed by atoms with Crippen LogP contribution in [0.25, 0.3) is 0 Å². The topological polar surface area (TPSA) is 63.6 Å². The van der Waals surface area contributed by atoms with Gasteiger partial charge in [-0.2, -0.15) is 0 Å². The first-order chi connectivity index (χ1) is 6.65. The number of carbonyl (C=O) groups is 2. The van der Waals surface area contributed by atoms with Gasteiger partial charge in [0, 0.05) is 0 Å². The minimum absolute atomic E-state index is 0.228. The van der Waals surface area contributed by atoms with E-state index in [4.69, 9.17) is 9.84 Å². The maximum absolute atomic E-state index is 11.4. The lowest BCUT2D eigenvalue weighted by Crippen LogP contribution is -2.28. The van der Waals surface area contributed by atoms with E-state index < -0.39 is 16.8 Å². The van der Waals surface area contributed by atoms with Gasteiger partial charge in [-0.15, -0.1) is 0 Å². The van der Waals surface area contributed by atoms with Gasteiger partial charge in [0.1, 0.15) is 6.10 Å². The highest BCUT2D eigenvalue weighted by Crippen LogP contribution is 2.38. The lowest BCUT2D eigenvalue weighted by atomic mass is 9.82. The predicted octanol–water partition coefficient (Wildman–Crippen LogP) is 1.83. The van der Waals surface area contributed by atoms with Crippen LogP contribution in [-0.2, 0) is 14.3 Å². The standard InChI is InChI=1S/C11H18O4/c1-10(2,8(12)13)5-7-6-11(3,4)9(14)15-7/h7H,5-6H2,1-4H3,(H,12,13). The molecule has 0 amide bonds. The van der Waals surface area contributed by atoms with Crippen LogP contribution in [0.5, 0.6) is 0 Å². The average molecular weight is 214 g/mol. The Kier molecular flexibility index (Phi) is 2.81. The van der Waals surface area contributed by atoms with Crippen molar-refractivity contribution in [1.29, 1.82) is 0 Å². The molecule has 1 aliphatic heterocycles. The zero-order chi connectivity index (χ0) is 11.9. The molecule has 0 saturated carbocycles. The van der Waals surface area contributed by atoms with Crippen molar-refractivity contribution in [3.63, 3.8) is 0 Å². The van der Waals surface area contributed by atoms with Gasteiger partial charge in [0.2, 0.25) is 0 Å². The normalized spacial score (nSPS) is 25.1. The number of hydrogen-bond acceptors (Lipinski definition) is 3. The number of carboxylic acid groups (broad SMARTS) is 1. The Morgan fingerprint density at radius 1 is 1.60 bits per heavy atom. The van der Waals surface area contributed by atoms with Crippen molar-refractivity contribution >= 4 is 11.9 Å². The number of ether oxygens (including phenoxy) is 1. The van der Waals surface area contributed by atoms with Gasteiger partial charge in [-0.3, -0.25) is 9.59 Å². The fourth-order valence-corrected chi connectivity index (χ4v) is 1.78. The third kappa shape index (κ3) is 2.49. The first-order valence-corrected chi connectivity index (χ1v) is 5.10. The molecule has 0 aromatic carbocycles. The van der Waals surface area contributed by atoms with Crippen molar-refractivity contribution in [2.75, 3.05) is 0 Å². The third-order valence-electron chi connectivity index (χ3n) is 2.88. The number of hydrogen-bond donors (Lipinski definition) is 1. The second kappa shape index (κ2) is 3.51. The molecule has 15 heavy (non-hydrogen) atoms. The summed E-state index contributed by atoms with van der Waals surface area (Å²) in [5.74, 6) is -1.09. The van der Waals surface area contributed by atoms with E-state index in [1.165, 1.54) is 0 Å². The van der Waals surface area contributed by atoms with Crippen LogP contribution in [0, 0.1) is 10.8 Å². The molecular formula is C11H18O4. The molecule has 0 aromatic heterocycles. The first-order valence-electron chi connectivity index (χ1n) is 5.10. The van der Waals surface area contributed by atoms with Crippen molar-refractivity contribution in [3.8, 4) is 0 Å². The molecule has 4 nitrogen and oxygen atoms in total. The van der Waals surface area contributed by atoms with Gasteiger partial charge in [-0.1, -0.05) is 0 Å². The summed E-state index contributed by atoms with van der Waals surface area (Å²) in [7, 11) is 0. The molecule has 1 fully saturated rings. The Balaban J connectivity index is 2.64. The largest absolute Gasteiger partial charge is 0.481 e. The van der Waals surface area contributed by atoms with Crippen LogP contribution in [-0.4, -0.2) is 23.1 Å². The van der Waals surface area contributed by atoms with Crippen LogP contribution in [0.15, 0.2) is 0 Å². The summed E-state index contributed by atoms with van der Waals surface area (Å²) >= 11 is 0. The molecule has 0 radical (unpaired) electrons. The van der Waals surface area contributed by atoms with Crippen LogP contribution in [0.3, 0.4) is 0 Å². The second-order valence-corrected chi connectivity index (χ2v) is 5.51. The van der Waals surface area contributed by atoms with E-state index in [0.717, 1.165) is 0 Å². The monoisotopic (exact) mass is 214 g/mol. The maximum atomic E-state index is 11.4. The van der Waals surface area contributed by atoms with Gasteiger partial charge in [0.25, 0.3) is 0 Å². The molecule has 1 aliphatic rings. The molecule has 0 spiro atoms. The van der Waals surface area contributed by atoms with Gasteiger partial charge < -0.3 is 9.84 Å². The summed E-state index contributed by atoms with van der Waals surface area (Å²) < 4.78 is 5.16. The fraction of sp³-hybridized carbons (Fsp3) is 0.818. The summed E-state index contributed by atoms with van der Waals surface area (Å²) in [6, 6.07) is 0. The summed E-state index contributed by atoms with van der Waals surface area (Å²) in [5.41, 5.74) is -1.31. The Bertz CT molecular complexity index is 291. The van der Waals surface area contributed by atoms with Gasteiger partial charge in [0.05, 0.1) is 10.8 Å². The number of rotatable bonds is 3. The minimum Gasteiger partial charge on any atom is -0.481 e. The second-order valence-electron chi connectivity index (χ2n) is 5.51. The van der Waals surface area contributed by atoms with Crippen LogP contribution in [0.4, 0.5) is 0 Å². The summed E-state index contributed by atoms with van der Waals surface area (Å²) in [6.07, 6.45) is 0.707. The first kappa shape index (κ1) is 12.0. The molecule has 0 bridgehead atoms. The van der Waals surface area contributed by atoms with Crippen LogP contribution < -0.4 is 0 Å². The van der Waals surface area contributed by atoms with E-state index in [2.05, 4.69) is 0 Å². The van der Waals surface area contributed by atoms with Gasteiger partial charge >= 0.3 is 11.9 Å². The van der Waals surface area contributed by atoms with Gasteiger partial charge in [-0.25, -0.2) is 0 Å². The summed E-state index contributed by atoms with van der Waals surface area (Å²) in [5, 5.41) is 8.96. The Labute approximate surface area is 89.6 Å². The average Bonchev–Trinajstić information content (AvgIpc) is 2.23. The van der Waals surface area contributed by atoms with Crippen molar-refractivity contribution in [2.24, 2.45) is 10.8 Å². The molecule has 1 atom stereocenters. The summed E-state index contributed by atoms with van der Waals surface area (Å²) in [6.45, 7) is 6.94. The van der Waals surface area contributed by atoms with E-state index in [1.54, 1.807) is 13.8 Å². The van der Waals surface area contributed by atoms with Crippen molar-refractivity contribution in [1.82, 2.24) is 0 Å². The van der Waals surface area contributed by atoms with Crippen molar-refractivity contribution < 1.29 is 19.4 Å². The number of carbonyl (C=O) groups excluding carboxylic acids is 1. The predicted molar refractivity (Wildman–Crippen MR) is 54.3 cm³/mol. The summed E-state index contributed by atoms with van der Waals surface area (Å²) in [4.78, 5) is 22.3. The third-order valence-corrected chi connectivity index (χ3v) is 2.88. The molecule has 0 aliphatic carbocycles. The Hall–Kier alpha value is -1.06. The van der Waals surface area contributed by atoms with E-state index in [1.807, 2.05) is 13.8 Å². The molecule has 1 rings (SSSR count). The van der Waals surface area contributed by atoms with Gasteiger partial charge in [-0.05, 0) is 40.5 Å². The van der Waals surface area contributed by atoms with E-state index in [-0.39, 0.29) is 12.1 Å². The number of carboxylic acids is 1. The lowest BCUT2D eigenvalue weighted by molar-refractivity contribution is -0.153. The smallest absolute Gasteiger partial charge is 0.311 e. The molecule has 1 saturated heterocycles. The van der Waals surface area contributed by atoms with Crippen molar-refractivity contribution in [2.45, 2.75) is 46.6 Å². The molecule has 1 unspecified atom stereocenters. The maximum Gasteiger partial charge on any atom is 0.311 e. The molecule has 4 heteroatoms. The quantitative estimate of drug-likeness (QED) is 0.728. The zero-order valence-electron chi connectivity index (χ0n) is 9.66. The Morgan fingerprint density at radius 3 is 2.47 bits per heavy atom. The highest BCUT2D eigenvalue weighted by molar-refractivity contribution is 5.78. The number of aliphatic carboxylic acids is 1. The zero-order valence-corrected chi connectivity index (χ0v) is 9.66. The fourth-order valence-electron chi connectivity index (χ4n) is 1.78. The minimum atomic E-state index is -0.858.